The van der Waals surface area contributed by atoms with Gasteiger partial charge < -0.3 is 5.11 Å². The number of unbranched alkanes of at least 4 members (excludes halogenated alkanes) is 2. The van der Waals surface area contributed by atoms with Gasteiger partial charge in [0.25, 0.3) is 0 Å². The molecule has 1 nitrogen and oxygen atoms in total. The molecule has 0 bridgehead atoms. The first-order valence-corrected chi connectivity index (χ1v) is 10.1. The average molecular weight is 359 g/mol. The van der Waals surface area contributed by atoms with Gasteiger partial charge in [0.05, 0.1) is 0 Å². The van der Waals surface area contributed by atoms with Crippen LogP contribution < -0.4 is 0 Å². The van der Waals surface area contributed by atoms with Crippen molar-refractivity contribution in [1.82, 2.24) is 0 Å². The molecule has 3 rings (SSSR count). The van der Waals surface area contributed by atoms with E-state index < -0.39 is 0 Å². The minimum absolute atomic E-state index is 0.337. The molecule has 0 fully saturated rings. The number of aryl methyl sites for hydroxylation is 3. The highest BCUT2D eigenvalue weighted by Crippen LogP contribution is 2.32. The molecular weight excluding hydrogens is 328 g/mol. The largest absolute Gasteiger partial charge is 0.508 e. The van der Waals surface area contributed by atoms with Gasteiger partial charge >= 0.3 is 0 Å². The molecule has 0 unspecified atom stereocenters. The van der Waals surface area contributed by atoms with Crippen molar-refractivity contribution in [3.63, 3.8) is 0 Å². The number of phenols is 1. The van der Waals surface area contributed by atoms with Gasteiger partial charge in [0.2, 0.25) is 0 Å². The maximum Gasteiger partial charge on any atom is 0.115 e. The summed E-state index contributed by atoms with van der Waals surface area (Å²) in [5.41, 5.74) is 8.86. The minimum Gasteiger partial charge on any atom is -0.508 e. The zero-order chi connectivity index (χ0) is 19.2. The fourth-order valence-electron chi connectivity index (χ4n) is 3.72. The molecule has 0 aliphatic carbocycles. The van der Waals surface area contributed by atoms with E-state index in [4.69, 9.17) is 0 Å². The zero-order valence-corrected chi connectivity index (χ0v) is 16.8. The van der Waals surface area contributed by atoms with E-state index in [0.717, 1.165) is 6.42 Å². The number of phenolic OH excluding ortho intramolecular Hbond substituents is 1. The van der Waals surface area contributed by atoms with Crippen LogP contribution in [0.2, 0.25) is 0 Å². The second kappa shape index (κ2) is 8.90. The van der Waals surface area contributed by atoms with Crippen LogP contribution in [0.1, 0.15) is 49.8 Å². The summed E-state index contributed by atoms with van der Waals surface area (Å²) in [5.74, 6) is 0.337. The highest BCUT2D eigenvalue weighted by molar-refractivity contribution is 5.76. The SMILES string of the molecule is CCCCCc1ccc(-c2ccc(-c3ccc(O)cc3CC)c(C)c2)cc1. The lowest BCUT2D eigenvalue weighted by atomic mass is 9.92. The molecule has 0 saturated carbocycles. The standard InChI is InChI=1S/C26H30O/c1-4-6-7-8-20-9-11-22(12-10-20)23-13-15-25(19(3)17-23)26-16-14-24(27)18-21(26)5-2/h9-18,27H,4-8H2,1-3H3. The number of benzene rings is 3. The van der Waals surface area contributed by atoms with E-state index in [2.05, 4.69) is 63.2 Å². The third kappa shape index (κ3) is 4.60. The quantitative estimate of drug-likeness (QED) is 0.438. The number of rotatable bonds is 7. The molecule has 0 saturated heterocycles. The molecule has 0 atom stereocenters. The zero-order valence-electron chi connectivity index (χ0n) is 16.8. The Kier molecular flexibility index (Phi) is 6.34. The van der Waals surface area contributed by atoms with Gasteiger partial charge in [-0.3, -0.25) is 0 Å². The van der Waals surface area contributed by atoms with Crippen molar-refractivity contribution in [1.29, 1.82) is 0 Å². The summed E-state index contributed by atoms with van der Waals surface area (Å²) in [6.07, 6.45) is 5.93. The van der Waals surface area contributed by atoms with Crippen LogP contribution in [-0.4, -0.2) is 5.11 Å². The van der Waals surface area contributed by atoms with E-state index in [1.807, 2.05) is 12.1 Å². The van der Waals surface area contributed by atoms with Crippen LogP contribution >= 0.6 is 0 Å². The average Bonchev–Trinajstić information content (AvgIpc) is 2.69. The lowest BCUT2D eigenvalue weighted by Gasteiger charge is -2.13. The second-order valence-corrected chi connectivity index (χ2v) is 7.38. The van der Waals surface area contributed by atoms with E-state index in [9.17, 15) is 5.11 Å². The van der Waals surface area contributed by atoms with Gasteiger partial charge in [-0.15, -0.1) is 0 Å². The molecular formula is C26H30O. The molecule has 0 aromatic heterocycles. The van der Waals surface area contributed by atoms with Gasteiger partial charge in [0.1, 0.15) is 5.75 Å². The van der Waals surface area contributed by atoms with Gasteiger partial charge in [0.15, 0.2) is 0 Å². The summed E-state index contributed by atoms with van der Waals surface area (Å²) >= 11 is 0. The summed E-state index contributed by atoms with van der Waals surface area (Å²) in [7, 11) is 0. The van der Waals surface area contributed by atoms with Crippen molar-refractivity contribution in [3.05, 3.63) is 77.4 Å². The second-order valence-electron chi connectivity index (χ2n) is 7.38. The molecule has 27 heavy (non-hydrogen) atoms. The summed E-state index contributed by atoms with van der Waals surface area (Å²) in [6.45, 7) is 6.55. The molecule has 1 heteroatoms. The van der Waals surface area contributed by atoms with Gasteiger partial charge in [-0.1, -0.05) is 75.2 Å². The van der Waals surface area contributed by atoms with Crippen LogP contribution in [0.15, 0.2) is 60.7 Å². The van der Waals surface area contributed by atoms with Crippen LogP contribution in [0.5, 0.6) is 5.75 Å². The third-order valence-electron chi connectivity index (χ3n) is 5.34. The number of hydrogen-bond acceptors (Lipinski definition) is 1. The molecule has 0 heterocycles. The highest BCUT2D eigenvalue weighted by Gasteiger charge is 2.09. The third-order valence-corrected chi connectivity index (χ3v) is 5.34. The molecule has 0 radical (unpaired) electrons. The van der Waals surface area contributed by atoms with E-state index >= 15 is 0 Å². The molecule has 3 aromatic rings. The summed E-state index contributed by atoms with van der Waals surface area (Å²) in [4.78, 5) is 0. The van der Waals surface area contributed by atoms with Crippen LogP contribution in [-0.2, 0) is 12.8 Å². The molecule has 0 aliphatic heterocycles. The summed E-state index contributed by atoms with van der Waals surface area (Å²) in [5, 5.41) is 9.77. The minimum atomic E-state index is 0.337. The van der Waals surface area contributed by atoms with Crippen LogP contribution in [0.25, 0.3) is 22.3 Å². The Bertz CT molecular complexity index is 891. The summed E-state index contributed by atoms with van der Waals surface area (Å²) in [6, 6.07) is 21.4. The lowest BCUT2D eigenvalue weighted by Crippen LogP contribution is -1.91. The van der Waals surface area contributed by atoms with Crippen LogP contribution in [0.4, 0.5) is 0 Å². The Morgan fingerprint density at radius 2 is 1.44 bits per heavy atom. The number of hydrogen-bond donors (Lipinski definition) is 1. The van der Waals surface area contributed by atoms with Crippen LogP contribution in [0, 0.1) is 6.92 Å². The molecule has 0 aliphatic rings. The topological polar surface area (TPSA) is 20.2 Å². The predicted octanol–water partition coefficient (Wildman–Crippen LogP) is 7.33. The Morgan fingerprint density at radius 1 is 0.741 bits per heavy atom. The van der Waals surface area contributed by atoms with Crippen molar-refractivity contribution < 1.29 is 5.11 Å². The fourth-order valence-corrected chi connectivity index (χ4v) is 3.72. The molecule has 3 aromatic carbocycles. The van der Waals surface area contributed by atoms with E-state index in [0.29, 0.717) is 5.75 Å². The van der Waals surface area contributed by atoms with Crippen molar-refractivity contribution in [2.45, 2.75) is 52.9 Å². The van der Waals surface area contributed by atoms with Crippen molar-refractivity contribution in [2.24, 2.45) is 0 Å². The summed E-state index contributed by atoms with van der Waals surface area (Å²) < 4.78 is 0. The Balaban J connectivity index is 1.85. The Labute approximate surface area is 163 Å². The predicted molar refractivity (Wildman–Crippen MR) is 116 cm³/mol. The Hall–Kier alpha value is -2.54. The Morgan fingerprint density at radius 3 is 2.11 bits per heavy atom. The normalized spacial score (nSPS) is 10.9. The van der Waals surface area contributed by atoms with Gasteiger partial charge in [0, 0.05) is 0 Å². The van der Waals surface area contributed by atoms with E-state index in [1.54, 1.807) is 6.07 Å². The smallest absolute Gasteiger partial charge is 0.115 e. The van der Waals surface area contributed by atoms with E-state index in [-0.39, 0.29) is 0 Å². The monoisotopic (exact) mass is 358 g/mol. The van der Waals surface area contributed by atoms with Crippen molar-refractivity contribution in [3.8, 4) is 28.0 Å². The van der Waals surface area contributed by atoms with Crippen molar-refractivity contribution in [2.75, 3.05) is 0 Å². The van der Waals surface area contributed by atoms with Crippen molar-refractivity contribution >= 4 is 0 Å². The first kappa shape index (κ1) is 19.2. The number of aromatic hydroxyl groups is 1. The molecule has 1 N–H and O–H groups in total. The molecule has 0 spiro atoms. The van der Waals surface area contributed by atoms with Gasteiger partial charge in [-0.2, -0.15) is 0 Å². The van der Waals surface area contributed by atoms with Gasteiger partial charge in [-0.05, 0) is 77.3 Å². The first-order chi connectivity index (χ1) is 13.1. The molecule has 0 amide bonds. The maximum absolute atomic E-state index is 9.77. The fraction of sp³-hybridized carbons (Fsp3) is 0.308. The highest BCUT2D eigenvalue weighted by atomic mass is 16.3. The lowest BCUT2D eigenvalue weighted by molar-refractivity contribution is 0.474. The maximum atomic E-state index is 9.77. The van der Waals surface area contributed by atoms with Gasteiger partial charge in [-0.25, -0.2) is 0 Å². The van der Waals surface area contributed by atoms with E-state index in [1.165, 1.54) is 64.6 Å². The first-order valence-electron chi connectivity index (χ1n) is 10.1. The van der Waals surface area contributed by atoms with Crippen LogP contribution in [0.3, 0.4) is 0 Å². The molecule has 140 valence electrons.